The topological polar surface area (TPSA) is 61.3 Å². The van der Waals surface area contributed by atoms with E-state index in [1.807, 2.05) is 24.3 Å². The van der Waals surface area contributed by atoms with Crippen molar-refractivity contribution in [2.45, 2.75) is 52.0 Å². The van der Waals surface area contributed by atoms with Gasteiger partial charge in [-0.1, -0.05) is 6.07 Å². The first-order valence-electron chi connectivity index (χ1n) is 11.7. The lowest BCUT2D eigenvalue weighted by molar-refractivity contribution is -0.274. The summed E-state index contributed by atoms with van der Waals surface area (Å²) in [5, 5.41) is 1.55. The molecule has 0 amide bonds. The second-order valence-electron chi connectivity index (χ2n) is 9.57. The summed E-state index contributed by atoms with van der Waals surface area (Å²) in [6.07, 6.45) is -2.04. The van der Waals surface area contributed by atoms with Gasteiger partial charge < -0.3 is 9.47 Å². The summed E-state index contributed by atoms with van der Waals surface area (Å²) in [6, 6.07) is 11.0. The lowest BCUT2D eigenvalue weighted by atomic mass is 9.85. The zero-order valence-electron chi connectivity index (χ0n) is 20.4. The second-order valence-corrected chi connectivity index (χ2v) is 9.57. The number of benzene rings is 2. The highest BCUT2D eigenvalue weighted by Crippen LogP contribution is 2.46. The highest BCUT2D eigenvalue weighted by atomic mass is 19.4. The van der Waals surface area contributed by atoms with Gasteiger partial charge in [-0.05, 0) is 80.3 Å². The molecule has 0 saturated heterocycles. The van der Waals surface area contributed by atoms with Gasteiger partial charge in [0.2, 0.25) is 0 Å². The fourth-order valence-electron chi connectivity index (χ4n) is 4.81. The van der Waals surface area contributed by atoms with Crippen LogP contribution in [0.1, 0.15) is 43.6 Å². The number of aryl methyl sites for hydroxylation is 1. The van der Waals surface area contributed by atoms with E-state index in [9.17, 15) is 18.0 Å². The first-order valence-corrected chi connectivity index (χ1v) is 11.7. The molecule has 0 saturated carbocycles. The Morgan fingerprint density at radius 2 is 1.89 bits per heavy atom. The van der Waals surface area contributed by atoms with Gasteiger partial charge in [0.15, 0.2) is 11.4 Å². The zero-order chi connectivity index (χ0) is 25.8. The summed E-state index contributed by atoms with van der Waals surface area (Å²) in [5.74, 6) is 0.177. The molecule has 5 rings (SSSR count). The van der Waals surface area contributed by atoms with Crippen molar-refractivity contribution in [1.29, 1.82) is 0 Å². The van der Waals surface area contributed by atoms with E-state index in [1.165, 1.54) is 6.92 Å². The summed E-state index contributed by atoms with van der Waals surface area (Å²) in [6.45, 7) is 5.43. The Bertz CT molecular complexity index is 1500. The zero-order valence-corrected chi connectivity index (χ0v) is 20.4. The largest absolute Gasteiger partial charge is 0.493 e. The number of pyridine rings is 2. The quantitative estimate of drug-likeness (QED) is 0.310. The van der Waals surface area contributed by atoms with Gasteiger partial charge in [-0.25, -0.2) is 0 Å². The maximum atomic E-state index is 13.8. The van der Waals surface area contributed by atoms with Crippen molar-refractivity contribution in [3.05, 3.63) is 65.5 Å². The van der Waals surface area contributed by atoms with Crippen molar-refractivity contribution in [1.82, 2.24) is 9.97 Å². The minimum Gasteiger partial charge on any atom is -0.493 e. The molecule has 0 N–H and O–H groups in total. The molecule has 0 fully saturated rings. The molecular formula is C28H25F3N2O3. The average molecular weight is 495 g/mol. The lowest BCUT2D eigenvalue weighted by Crippen LogP contribution is -2.44. The Morgan fingerprint density at radius 3 is 2.61 bits per heavy atom. The van der Waals surface area contributed by atoms with Crippen LogP contribution < -0.4 is 4.74 Å². The standard InChI is InChI=1S/C28H25F3N2O3/c1-15-14-20-18(6-5-11-32-20)24(22(15)26(16(2)34)36-27(3,4)28(29,30)31)19-7-8-21-23-17(10-13-35-21)9-12-33-25(19)23/h5-9,11-12,14,26H,10,13H2,1-4H3/t26-/m1/s1. The highest BCUT2D eigenvalue weighted by Gasteiger charge is 2.51. The Kier molecular flexibility index (Phi) is 5.75. The van der Waals surface area contributed by atoms with Crippen LogP contribution in [-0.2, 0) is 16.0 Å². The number of Topliss-reactive ketones (excluding diaryl/α,β-unsaturated/α-hetero) is 1. The number of carbonyl (C=O) groups excluding carboxylic acids is 1. The number of rotatable bonds is 5. The van der Waals surface area contributed by atoms with E-state index in [-0.39, 0.29) is 0 Å². The maximum absolute atomic E-state index is 13.8. The van der Waals surface area contributed by atoms with Gasteiger partial charge in [0.1, 0.15) is 11.9 Å². The van der Waals surface area contributed by atoms with Gasteiger partial charge in [-0.2, -0.15) is 13.2 Å². The van der Waals surface area contributed by atoms with Crippen LogP contribution in [0.5, 0.6) is 5.75 Å². The predicted molar refractivity (Wildman–Crippen MR) is 131 cm³/mol. The third-order valence-corrected chi connectivity index (χ3v) is 6.72. The lowest BCUT2D eigenvalue weighted by Gasteiger charge is -2.33. The number of hydrogen-bond donors (Lipinski definition) is 0. The van der Waals surface area contributed by atoms with Gasteiger partial charge in [-0.15, -0.1) is 0 Å². The number of alkyl halides is 3. The van der Waals surface area contributed by atoms with E-state index in [0.29, 0.717) is 51.0 Å². The monoisotopic (exact) mass is 494 g/mol. The van der Waals surface area contributed by atoms with Crippen LogP contribution in [0.3, 0.4) is 0 Å². The van der Waals surface area contributed by atoms with Crippen molar-refractivity contribution in [2.24, 2.45) is 0 Å². The molecule has 0 unspecified atom stereocenters. The van der Waals surface area contributed by atoms with Gasteiger partial charge in [-0.3, -0.25) is 14.8 Å². The Morgan fingerprint density at radius 1 is 1.11 bits per heavy atom. The molecule has 186 valence electrons. The summed E-state index contributed by atoms with van der Waals surface area (Å²) in [4.78, 5) is 22.0. The molecule has 2 aromatic heterocycles. The van der Waals surface area contributed by atoms with Crippen molar-refractivity contribution in [3.8, 4) is 16.9 Å². The van der Waals surface area contributed by atoms with Crippen molar-refractivity contribution < 1.29 is 27.4 Å². The number of ether oxygens (including phenoxy) is 2. The van der Waals surface area contributed by atoms with Crippen LogP contribution in [0.2, 0.25) is 0 Å². The number of hydrogen-bond acceptors (Lipinski definition) is 5. The van der Waals surface area contributed by atoms with Crippen molar-refractivity contribution in [2.75, 3.05) is 6.61 Å². The van der Waals surface area contributed by atoms with Crippen LogP contribution in [0.4, 0.5) is 13.2 Å². The number of ketones is 1. The first kappa shape index (κ1) is 24.2. The Labute approximate surface area is 206 Å². The van der Waals surface area contributed by atoms with Gasteiger partial charge in [0, 0.05) is 35.2 Å². The minimum atomic E-state index is -4.67. The molecule has 3 heterocycles. The molecule has 0 bridgehead atoms. The minimum absolute atomic E-state index is 0.375. The smallest absolute Gasteiger partial charge is 0.416 e. The van der Waals surface area contributed by atoms with Crippen LogP contribution in [0.15, 0.2) is 48.8 Å². The predicted octanol–water partition coefficient (Wildman–Crippen LogP) is 6.68. The van der Waals surface area contributed by atoms with E-state index >= 15 is 0 Å². The Balaban J connectivity index is 1.86. The molecule has 0 spiro atoms. The third-order valence-electron chi connectivity index (χ3n) is 6.72. The highest BCUT2D eigenvalue weighted by molar-refractivity contribution is 6.08. The maximum Gasteiger partial charge on any atom is 0.416 e. The van der Waals surface area contributed by atoms with Gasteiger partial charge in [0.25, 0.3) is 0 Å². The molecule has 1 aliphatic rings. The average Bonchev–Trinajstić information content (AvgIpc) is 2.82. The summed E-state index contributed by atoms with van der Waals surface area (Å²) >= 11 is 0. The summed E-state index contributed by atoms with van der Waals surface area (Å²) in [7, 11) is 0. The van der Waals surface area contributed by atoms with E-state index in [1.54, 1.807) is 31.5 Å². The number of fused-ring (bicyclic) bond motifs is 1. The molecule has 8 heteroatoms. The van der Waals surface area contributed by atoms with Gasteiger partial charge in [0.05, 0.1) is 17.6 Å². The van der Waals surface area contributed by atoms with E-state index < -0.39 is 23.7 Å². The number of halogens is 3. The molecule has 36 heavy (non-hydrogen) atoms. The first-order chi connectivity index (χ1) is 17.0. The van der Waals surface area contributed by atoms with Crippen molar-refractivity contribution >= 4 is 27.6 Å². The van der Waals surface area contributed by atoms with E-state index in [4.69, 9.17) is 9.47 Å². The fourth-order valence-corrected chi connectivity index (χ4v) is 4.81. The number of nitrogens with zero attached hydrogens (tertiary/aromatic N) is 2. The second kappa shape index (κ2) is 8.55. The Hall–Kier alpha value is -3.52. The van der Waals surface area contributed by atoms with Gasteiger partial charge >= 0.3 is 6.18 Å². The van der Waals surface area contributed by atoms with E-state index in [2.05, 4.69) is 9.97 Å². The van der Waals surface area contributed by atoms with Crippen LogP contribution in [-0.4, -0.2) is 34.1 Å². The van der Waals surface area contributed by atoms with E-state index in [0.717, 1.165) is 31.2 Å². The molecule has 2 aromatic carbocycles. The molecule has 1 atom stereocenters. The molecule has 1 aliphatic heterocycles. The normalized spacial score (nSPS) is 14.6. The molecule has 0 aliphatic carbocycles. The molecule has 0 radical (unpaired) electrons. The number of carbonyl (C=O) groups is 1. The van der Waals surface area contributed by atoms with Crippen LogP contribution >= 0.6 is 0 Å². The van der Waals surface area contributed by atoms with Crippen LogP contribution in [0.25, 0.3) is 32.9 Å². The summed E-state index contributed by atoms with van der Waals surface area (Å²) < 4.78 is 52.9. The SMILES string of the molecule is CC(=O)[C@@H](OC(C)(C)C(F)(F)F)c1c(C)cc2ncccc2c1-c1ccc2c3c(ccnc13)CCO2. The summed E-state index contributed by atoms with van der Waals surface area (Å²) in [5.41, 5.74) is 2.07. The fraction of sp³-hybridized carbons (Fsp3) is 0.321. The van der Waals surface area contributed by atoms with Crippen LogP contribution in [0, 0.1) is 6.92 Å². The number of aromatic nitrogens is 2. The molecule has 4 aromatic rings. The third kappa shape index (κ3) is 3.89. The molecular weight excluding hydrogens is 469 g/mol. The molecule has 5 nitrogen and oxygen atoms in total. The van der Waals surface area contributed by atoms with Crippen molar-refractivity contribution in [3.63, 3.8) is 0 Å².